The number of nitrogens with one attached hydrogen (secondary N) is 2. The van der Waals surface area contributed by atoms with Crippen molar-refractivity contribution in [2.75, 3.05) is 19.6 Å². The van der Waals surface area contributed by atoms with Crippen LogP contribution in [0.5, 0.6) is 0 Å². The summed E-state index contributed by atoms with van der Waals surface area (Å²) in [6.45, 7) is 2.63. The van der Waals surface area contributed by atoms with Crippen molar-refractivity contribution in [2.24, 2.45) is 0 Å². The molecule has 1 amide bonds. The van der Waals surface area contributed by atoms with Crippen LogP contribution in [0, 0.1) is 0 Å². The van der Waals surface area contributed by atoms with E-state index < -0.39 is 0 Å². The van der Waals surface area contributed by atoms with Gasteiger partial charge in [0.1, 0.15) is 5.69 Å². The molecule has 1 aromatic heterocycles. The molecule has 0 bridgehead atoms. The van der Waals surface area contributed by atoms with Gasteiger partial charge in [-0.25, -0.2) is 0 Å². The molecule has 1 saturated heterocycles. The van der Waals surface area contributed by atoms with E-state index >= 15 is 0 Å². The molecule has 3 rings (SSSR count). The van der Waals surface area contributed by atoms with Crippen LogP contribution >= 0.6 is 0 Å². The molecule has 2 aromatic rings. The highest BCUT2D eigenvalue weighted by Gasteiger charge is 2.22. The van der Waals surface area contributed by atoms with Gasteiger partial charge in [-0.15, -0.1) is 0 Å². The molecule has 0 aliphatic carbocycles. The molecule has 5 nitrogen and oxygen atoms in total. The van der Waals surface area contributed by atoms with E-state index in [0.29, 0.717) is 12.2 Å². The van der Waals surface area contributed by atoms with Gasteiger partial charge in [0.2, 0.25) is 5.56 Å². The molecule has 24 heavy (non-hydrogen) atoms. The molecule has 0 radical (unpaired) electrons. The van der Waals surface area contributed by atoms with Gasteiger partial charge in [-0.2, -0.15) is 0 Å². The lowest BCUT2D eigenvalue weighted by atomic mass is 10.0. The number of aromatic amines is 1. The molecule has 0 spiro atoms. The van der Waals surface area contributed by atoms with Crippen molar-refractivity contribution in [3.05, 3.63) is 70.1 Å². The summed E-state index contributed by atoms with van der Waals surface area (Å²) in [5.74, 6) is -0.245. The maximum atomic E-state index is 12.3. The monoisotopic (exact) mass is 325 g/mol. The molecular weight excluding hydrogens is 302 g/mol. The summed E-state index contributed by atoms with van der Waals surface area (Å²) in [5.41, 5.74) is 1.24. The number of aromatic nitrogens is 1. The Labute approximate surface area is 141 Å². The first-order valence-electron chi connectivity index (χ1n) is 8.50. The highest BCUT2D eigenvalue weighted by molar-refractivity contribution is 5.92. The Kier molecular flexibility index (Phi) is 5.43. The fourth-order valence-corrected chi connectivity index (χ4v) is 3.23. The summed E-state index contributed by atoms with van der Waals surface area (Å²) >= 11 is 0. The molecular formula is C19H23N3O2. The molecule has 2 N–H and O–H groups in total. The third-order valence-electron chi connectivity index (χ3n) is 4.48. The smallest absolute Gasteiger partial charge is 0.267 e. The first-order chi connectivity index (χ1) is 11.7. The predicted molar refractivity (Wildman–Crippen MR) is 94.0 cm³/mol. The zero-order chi connectivity index (χ0) is 16.8. The van der Waals surface area contributed by atoms with Crippen LogP contribution in [0.25, 0.3) is 0 Å². The van der Waals surface area contributed by atoms with Crippen LogP contribution in [0.3, 0.4) is 0 Å². The average molecular weight is 325 g/mol. The molecule has 1 aliphatic rings. The molecule has 1 fully saturated rings. The van der Waals surface area contributed by atoms with Crippen LogP contribution in [0.2, 0.25) is 0 Å². The van der Waals surface area contributed by atoms with Crippen LogP contribution in [-0.4, -0.2) is 35.4 Å². The molecule has 0 unspecified atom stereocenters. The number of hydrogen-bond donors (Lipinski definition) is 2. The van der Waals surface area contributed by atoms with Crippen LogP contribution < -0.4 is 10.9 Å². The van der Waals surface area contributed by atoms with Crippen molar-refractivity contribution in [1.29, 1.82) is 0 Å². The van der Waals surface area contributed by atoms with Crippen molar-refractivity contribution in [1.82, 2.24) is 15.2 Å². The zero-order valence-corrected chi connectivity index (χ0v) is 13.7. The van der Waals surface area contributed by atoms with E-state index in [2.05, 4.69) is 27.3 Å². The van der Waals surface area contributed by atoms with Crippen LogP contribution in [-0.2, 0) is 0 Å². The van der Waals surface area contributed by atoms with E-state index in [1.54, 1.807) is 12.1 Å². The Morgan fingerprint density at radius 2 is 1.79 bits per heavy atom. The molecule has 126 valence electrons. The Balaban J connectivity index is 1.72. The zero-order valence-electron chi connectivity index (χ0n) is 13.7. The summed E-state index contributed by atoms with van der Waals surface area (Å²) in [4.78, 5) is 28.7. The van der Waals surface area contributed by atoms with Gasteiger partial charge in [0, 0.05) is 12.6 Å². The Morgan fingerprint density at radius 3 is 2.50 bits per heavy atom. The summed E-state index contributed by atoms with van der Waals surface area (Å²) < 4.78 is 0. The minimum absolute atomic E-state index is 0.158. The van der Waals surface area contributed by atoms with Crippen LogP contribution in [0.1, 0.15) is 41.4 Å². The van der Waals surface area contributed by atoms with Gasteiger partial charge in [-0.05, 0) is 37.6 Å². The maximum absolute atomic E-state index is 12.3. The number of benzene rings is 1. The summed E-state index contributed by atoms with van der Waals surface area (Å²) in [7, 11) is 0. The standard InChI is InChI=1S/C19H23N3O2/c23-18-11-7-10-16(21-18)19(24)20-14-17(15-8-3-1-4-9-15)22-12-5-2-6-13-22/h1,3-4,7-11,17H,2,5-6,12-14H2,(H,20,24)(H,21,23)/t17-/m1/s1. The number of carbonyl (C=O) groups is 1. The van der Waals surface area contributed by atoms with Gasteiger partial charge in [-0.3, -0.25) is 14.5 Å². The van der Waals surface area contributed by atoms with E-state index in [-0.39, 0.29) is 17.5 Å². The van der Waals surface area contributed by atoms with E-state index in [1.165, 1.54) is 30.9 Å². The highest BCUT2D eigenvalue weighted by Crippen LogP contribution is 2.24. The van der Waals surface area contributed by atoms with Crippen molar-refractivity contribution < 1.29 is 4.79 Å². The van der Waals surface area contributed by atoms with Gasteiger partial charge >= 0.3 is 0 Å². The number of amides is 1. The predicted octanol–water partition coefficient (Wildman–Crippen LogP) is 2.33. The van der Waals surface area contributed by atoms with Crippen molar-refractivity contribution in [3.63, 3.8) is 0 Å². The van der Waals surface area contributed by atoms with Gasteiger partial charge in [-0.1, -0.05) is 42.8 Å². The van der Waals surface area contributed by atoms with Crippen LogP contribution in [0.4, 0.5) is 0 Å². The number of nitrogens with zero attached hydrogens (tertiary/aromatic N) is 1. The molecule has 1 aliphatic heterocycles. The largest absolute Gasteiger partial charge is 0.349 e. The molecule has 5 heteroatoms. The maximum Gasteiger partial charge on any atom is 0.267 e. The second-order valence-corrected chi connectivity index (χ2v) is 6.16. The lowest BCUT2D eigenvalue weighted by Crippen LogP contribution is -2.41. The number of carbonyl (C=O) groups excluding carboxylic acids is 1. The first kappa shape index (κ1) is 16.5. The second kappa shape index (κ2) is 7.93. The van der Waals surface area contributed by atoms with Crippen molar-refractivity contribution in [2.45, 2.75) is 25.3 Å². The summed E-state index contributed by atoms with van der Waals surface area (Å²) in [6, 6.07) is 15.0. The van der Waals surface area contributed by atoms with Crippen molar-refractivity contribution in [3.8, 4) is 0 Å². The molecule has 0 saturated carbocycles. The quantitative estimate of drug-likeness (QED) is 0.887. The highest BCUT2D eigenvalue weighted by atomic mass is 16.2. The Morgan fingerprint density at radius 1 is 1.04 bits per heavy atom. The third kappa shape index (κ3) is 4.11. The van der Waals surface area contributed by atoms with E-state index in [9.17, 15) is 9.59 Å². The lowest BCUT2D eigenvalue weighted by molar-refractivity contribution is 0.0919. The number of likely N-dealkylation sites (tertiary alicyclic amines) is 1. The van der Waals surface area contributed by atoms with E-state index in [1.807, 2.05) is 18.2 Å². The fraction of sp³-hybridized carbons (Fsp3) is 0.368. The summed E-state index contributed by atoms with van der Waals surface area (Å²) in [6.07, 6.45) is 3.67. The SMILES string of the molecule is O=C(NC[C@H](c1ccccc1)N1CCCCC1)c1cccc(=O)[nH]1. The molecule has 1 atom stereocenters. The lowest BCUT2D eigenvalue weighted by Gasteiger charge is -2.35. The van der Waals surface area contributed by atoms with Crippen molar-refractivity contribution >= 4 is 5.91 Å². The topological polar surface area (TPSA) is 65.2 Å². The molecule has 2 heterocycles. The number of hydrogen-bond acceptors (Lipinski definition) is 3. The minimum atomic E-state index is -0.265. The Bertz CT molecular complexity index is 721. The molecule has 1 aromatic carbocycles. The minimum Gasteiger partial charge on any atom is -0.349 e. The summed E-state index contributed by atoms with van der Waals surface area (Å²) in [5, 5.41) is 2.97. The number of rotatable bonds is 5. The van der Waals surface area contributed by atoms with Gasteiger partial charge in [0.25, 0.3) is 5.91 Å². The average Bonchev–Trinajstić information content (AvgIpc) is 2.63. The van der Waals surface area contributed by atoms with Gasteiger partial charge < -0.3 is 10.3 Å². The second-order valence-electron chi connectivity index (χ2n) is 6.16. The van der Waals surface area contributed by atoms with E-state index in [0.717, 1.165) is 13.1 Å². The fourth-order valence-electron chi connectivity index (χ4n) is 3.23. The number of pyridine rings is 1. The number of piperidine rings is 1. The number of H-pyrrole nitrogens is 1. The normalized spacial score (nSPS) is 16.5. The third-order valence-corrected chi connectivity index (χ3v) is 4.48. The van der Waals surface area contributed by atoms with Crippen LogP contribution in [0.15, 0.2) is 53.3 Å². The van der Waals surface area contributed by atoms with Gasteiger partial charge in [0.15, 0.2) is 0 Å². The first-order valence-corrected chi connectivity index (χ1v) is 8.50. The Hall–Kier alpha value is -2.40. The van der Waals surface area contributed by atoms with E-state index in [4.69, 9.17) is 0 Å². The van der Waals surface area contributed by atoms with Gasteiger partial charge in [0.05, 0.1) is 6.04 Å².